The van der Waals surface area contributed by atoms with Crippen LogP contribution in [0.15, 0.2) is 54.6 Å². The first kappa shape index (κ1) is 19.4. The van der Waals surface area contributed by atoms with E-state index in [0.717, 1.165) is 31.5 Å². The van der Waals surface area contributed by atoms with Crippen LogP contribution in [0.2, 0.25) is 0 Å². The Balaban J connectivity index is 1.53. The van der Waals surface area contributed by atoms with Gasteiger partial charge in [-0.3, -0.25) is 4.79 Å². The lowest BCUT2D eigenvalue weighted by atomic mass is 9.70. The summed E-state index contributed by atoms with van der Waals surface area (Å²) in [5, 5.41) is 10.3. The van der Waals surface area contributed by atoms with Crippen LogP contribution in [-0.2, 0) is 10.2 Å². The molecule has 0 bridgehead atoms. The number of hydrogen-bond donors (Lipinski definition) is 2. The van der Waals surface area contributed by atoms with Crippen molar-refractivity contribution in [1.29, 1.82) is 0 Å². The molecule has 2 aromatic rings. The maximum Gasteiger partial charge on any atom is 0.140 e. The minimum absolute atomic E-state index is 0.219. The molecule has 0 radical (unpaired) electrons. The fourth-order valence-corrected chi connectivity index (χ4v) is 3.87. The van der Waals surface area contributed by atoms with Crippen molar-refractivity contribution in [1.82, 2.24) is 4.90 Å². The van der Waals surface area contributed by atoms with Crippen LogP contribution in [0.25, 0.3) is 0 Å². The molecular formula is C22H28N2O3. The standard InChI is InChI=1S/C22H28N2O3/c1-17(25)22(18-6-3-2-4-7-18)10-12-24(13-11-22)15-20(26)16-27-21-9-5-8-19(23)14-21/h2-9,14,20,26H,10-13,15-16,23H2,1H3. The fourth-order valence-electron chi connectivity index (χ4n) is 3.87. The Morgan fingerprint density at radius 1 is 1.19 bits per heavy atom. The van der Waals surface area contributed by atoms with E-state index in [0.29, 0.717) is 18.0 Å². The summed E-state index contributed by atoms with van der Waals surface area (Å²) in [6.07, 6.45) is 0.956. The van der Waals surface area contributed by atoms with Crippen LogP contribution in [-0.4, -0.2) is 48.1 Å². The SMILES string of the molecule is CC(=O)C1(c2ccccc2)CCN(CC(O)COc2cccc(N)c2)CC1. The number of nitrogens with two attached hydrogens (primary N) is 1. The lowest BCUT2D eigenvalue weighted by Crippen LogP contribution is -2.48. The zero-order chi connectivity index (χ0) is 19.3. The van der Waals surface area contributed by atoms with Crippen molar-refractivity contribution >= 4 is 11.5 Å². The number of ketones is 1. The molecular weight excluding hydrogens is 340 g/mol. The largest absolute Gasteiger partial charge is 0.491 e. The highest BCUT2D eigenvalue weighted by molar-refractivity contribution is 5.88. The van der Waals surface area contributed by atoms with Crippen molar-refractivity contribution in [2.75, 3.05) is 32.0 Å². The number of aliphatic hydroxyl groups is 1. The van der Waals surface area contributed by atoms with Gasteiger partial charge in [-0.15, -0.1) is 0 Å². The quantitative estimate of drug-likeness (QED) is 0.735. The number of benzene rings is 2. The third-order valence-corrected chi connectivity index (χ3v) is 5.48. The van der Waals surface area contributed by atoms with Crippen molar-refractivity contribution in [3.8, 4) is 5.75 Å². The second kappa shape index (κ2) is 8.55. The summed E-state index contributed by atoms with van der Waals surface area (Å²) in [6, 6.07) is 17.2. The predicted molar refractivity (Wildman–Crippen MR) is 107 cm³/mol. The Labute approximate surface area is 160 Å². The van der Waals surface area contributed by atoms with Gasteiger partial charge in [0.25, 0.3) is 0 Å². The molecule has 27 heavy (non-hydrogen) atoms. The molecule has 1 atom stereocenters. The summed E-state index contributed by atoms with van der Waals surface area (Å²) in [5.74, 6) is 0.881. The number of nitrogen functional groups attached to an aromatic ring is 1. The summed E-state index contributed by atoms with van der Waals surface area (Å²) in [7, 11) is 0. The topological polar surface area (TPSA) is 75.8 Å². The number of hydrogen-bond acceptors (Lipinski definition) is 5. The molecule has 0 amide bonds. The molecule has 2 aromatic carbocycles. The Hall–Kier alpha value is -2.37. The number of carbonyl (C=O) groups excluding carboxylic acids is 1. The van der Waals surface area contributed by atoms with E-state index in [4.69, 9.17) is 10.5 Å². The van der Waals surface area contributed by atoms with Gasteiger partial charge in [-0.05, 0) is 50.6 Å². The highest BCUT2D eigenvalue weighted by Gasteiger charge is 2.40. The molecule has 0 saturated carbocycles. The third kappa shape index (κ3) is 4.67. The normalized spacial score (nSPS) is 18.0. The van der Waals surface area contributed by atoms with Gasteiger partial charge in [0.15, 0.2) is 0 Å². The summed E-state index contributed by atoms with van der Waals surface area (Å²) in [5.41, 5.74) is 7.07. The highest BCUT2D eigenvalue weighted by Crippen LogP contribution is 2.36. The highest BCUT2D eigenvalue weighted by atomic mass is 16.5. The molecule has 144 valence electrons. The van der Waals surface area contributed by atoms with E-state index in [1.807, 2.05) is 42.5 Å². The number of anilines is 1. The summed E-state index contributed by atoms with van der Waals surface area (Å²) < 4.78 is 5.63. The number of Topliss-reactive ketones (excluding diaryl/α,β-unsaturated/α-hetero) is 1. The molecule has 1 aliphatic rings. The molecule has 0 aromatic heterocycles. The van der Waals surface area contributed by atoms with E-state index in [9.17, 15) is 9.90 Å². The molecule has 5 nitrogen and oxygen atoms in total. The molecule has 5 heteroatoms. The van der Waals surface area contributed by atoms with Crippen molar-refractivity contribution in [3.63, 3.8) is 0 Å². The lowest BCUT2D eigenvalue weighted by Gasteiger charge is -2.41. The van der Waals surface area contributed by atoms with Crippen LogP contribution in [0.3, 0.4) is 0 Å². The van der Waals surface area contributed by atoms with Gasteiger partial charge in [0, 0.05) is 18.3 Å². The van der Waals surface area contributed by atoms with Crippen LogP contribution in [0.4, 0.5) is 5.69 Å². The average Bonchev–Trinajstić information content (AvgIpc) is 2.68. The van der Waals surface area contributed by atoms with Gasteiger partial charge in [0.1, 0.15) is 24.2 Å². The Kier molecular flexibility index (Phi) is 6.14. The number of β-amino-alcohol motifs (C(OH)–C–C–N with tert-alkyl or cyclic N) is 1. The number of ether oxygens (including phenoxy) is 1. The number of piperidine rings is 1. The Morgan fingerprint density at radius 3 is 2.52 bits per heavy atom. The minimum atomic E-state index is -0.590. The van der Waals surface area contributed by atoms with Crippen LogP contribution in [0.5, 0.6) is 5.75 Å². The second-order valence-electron chi connectivity index (χ2n) is 7.34. The lowest BCUT2D eigenvalue weighted by molar-refractivity contribution is -0.124. The van der Waals surface area contributed by atoms with Crippen molar-refractivity contribution in [2.24, 2.45) is 0 Å². The van der Waals surface area contributed by atoms with E-state index in [-0.39, 0.29) is 12.4 Å². The monoisotopic (exact) mass is 368 g/mol. The first-order valence-corrected chi connectivity index (χ1v) is 9.45. The number of aliphatic hydroxyl groups excluding tert-OH is 1. The van der Waals surface area contributed by atoms with Crippen molar-refractivity contribution < 1.29 is 14.6 Å². The molecule has 3 N–H and O–H groups in total. The number of likely N-dealkylation sites (tertiary alicyclic amines) is 1. The second-order valence-corrected chi connectivity index (χ2v) is 7.34. The van der Waals surface area contributed by atoms with Crippen LogP contribution in [0, 0.1) is 0 Å². The van der Waals surface area contributed by atoms with E-state index >= 15 is 0 Å². The summed E-state index contributed by atoms with van der Waals surface area (Å²) in [6.45, 7) is 4.01. The third-order valence-electron chi connectivity index (χ3n) is 5.48. The molecule has 0 spiro atoms. The van der Waals surface area contributed by atoms with Gasteiger partial charge in [-0.2, -0.15) is 0 Å². The Morgan fingerprint density at radius 2 is 1.89 bits per heavy atom. The van der Waals surface area contributed by atoms with Gasteiger partial charge in [0.05, 0.1) is 5.41 Å². The van der Waals surface area contributed by atoms with Gasteiger partial charge in [-0.25, -0.2) is 0 Å². The first-order chi connectivity index (χ1) is 13.0. The zero-order valence-corrected chi connectivity index (χ0v) is 15.8. The number of carbonyl (C=O) groups is 1. The molecule has 0 aliphatic carbocycles. The summed E-state index contributed by atoms with van der Waals surface area (Å²) >= 11 is 0. The van der Waals surface area contributed by atoms with E-state index in [1.165, 1.54) is 0 Å². The number of nitrogens with zero attached hydrogens (tertiary/aromatic N) is 1. The molecule has 1 saturated heterocycles. The van der Waals surface area contributed by atoms with Crippen LogP contribution < -0.4 is 10.5 Å². The molecule has 3 rings (SSSR count). The minimum Gasteiger partial charge on any atom is -0.491 e. The zero-order valence-electron chi connectivity index (χ0n) is 15.8. The first-order valence-electron chi connectivity index (χ1n) is 9.45. The van der Waals surface area contributed by atoms with Crippen molar-refractivity contribution in [2.45, 2.75) is 31.3 Å². The smallest absolute Gasteiger partial charge is 0.140 e. The molecule has 1 heterocycles. The molecule has 1 unspecified atom stereocenters. The van der Waals surface area contributed by atoms with Crippen LogP contribution in [0.1, 0.15) is 25.3 Å². The Bertz CT molecular complexity index is 755. The van der Waals surface area contributed by atoms with Crippen LogP contribution >= 0.6 is 0 Å². The van der Waals surface area contributed by atoms with Gasteiger partial charge >= 0.3 is 0 Å². The maximum atomic E-state index is 12.4. The summed E-state index contributed by atoms with van der Waals surface area (Å²) in [4.78, 5) is 14.6. The number of rotatable bonds is 7. The molecule has 1 aliphatic heterocycles. The van der Waals surface area contributed by atoms with Gasteiger partial charge < -0.3 is 20.5 Å². The average molecular weight is 368 g/mol. The predicted octanol–water partition coefficient (Wildman–Crippen LogP) is 2.63. The van der Waals surface area contributed by atoms with Gasteiger partial charge in [-0.1, -0.05) is 36.4 Å². The van der Waals surface area contributed by atoms with E-state index in [1.54, 1.807) is 19.1 Å². The molecule has 1 fully saturated rings. The van der Waals surface area contributed by atoms with Crippen molar-refractivity contribution in [3.05, 3.63) is 60.2 Å². The van der Waals surface area contributed by atoms with E-state index in [2.05, 4.69) is 4.90 Å². The van der Waals surface area contributed by atoms with E-state index < -0.39 is 11.5 Å². The fraction of sp³-hybridized carbons (Fsp3) is 0.409. The van der Waals surface area contributed by atoms with Gasteiger partial charge in [0.2, 0.25) is 0 Å². The maximum absolute atomic E-state index is 12.4.